The number of benzene rings is 2. The van der Waals surface area contributed by atoms with E-state index in [0.29, 0.717) is 12.2 Å². The molecule has 3 aromatic rings. The molecular formula is C20H23N3O. The van der Waals surface area contributed by atoms with Crippen LogP contribution in [0.25, 0.3) is 10.9 Å². The summed E-state index contributed by atoms with van der Waals surface area (Å²) in [6.45, 7) is 4.64. The Labute approximate surface area is 142 Å². The van der Waals surface area contributed by atoms with E-state index in [1.807, 2.05) is 32.3 Å². The Hall–Kier alpha value is -2.75. The highest BCUT2D eigenvalue weighted by atomic mass is 16.1. The summed E-state index contributed by atoms with van der Waals surface area (Å²) in [7, 11) is 4.02. The first kappa shape index (κ1) is 16.1. The number of carbonyl (C=O) groups is 1. The summed E-state index contributed by atoms with van der Waals surface area (Å²) in [5.74, 6) is -0.0834. The smallest absolute Gasteiger partial charge is 0.267 e. The Kier molecular flexibility index (Phi) is 4.30. The van der Waals surface area contributed by atoms with E-state index in [1.54, 1.807) is 0 Å². The average Bonchev–Trinajstić information content (AvgIpc) is 2.97. The van der Waals surface area contributed by atoms with Crippen molar-refractivity contribution in [2.75, 3.05) is 19.0 Å². The second-order valence-electron chi connectivity index (χ2n) is 6.47. The van der Waals surface area contributed by atoms with Gasteiger partial charge in [-0.1, -0.05) is 18.2 Å². The van der Waals surface area contributed by atoms with Crippen LogP contribution in [0.15, 0.2) is 42.5 Å². The first-order valence-corrected chi connectivity index (χ1v) is 8.08. The van der Waals surface area contributed by atoms with E-state index in [-0.39, 0.29) is 5.91 Å². The molecule has 1 heterocycles. The third-order valence-corrected chi connectivity index (χ3v) is 4.24. The Balaban J connectivity index is 1.72. The van der Waals surface area contributed by atoms with Gasteiger partial charge in [-0.05, 0) is 54.8 Å². The van der Waals surface area contributed by atoms with Crippen LogP contribution in [0.1, 0.15) is 27.2 Å². The lowest BCUT2D eigenvalue weighted by atomic mass is 10.1. The minimum Gasteiger partial charge on any atom is -0.378 e. The van der Waals surface area contributed by atoms with Gasteiger partial charge in [0.1, 0.15) is 5.69 Å². The van der Waals surface area contributed by atoms with Crippen LogP contribution < -0.4 is 10.2 Å². The number of anilines is 1. The molecule has 4 heteroatoms. The maximum Gasteiger partial charge on any atom is 0.267 e. The zero-order chi connectivity index (χ0) is 17.3. The van der Waals surface area contributed by atoms with Gasteiger partial charge in [0, 0.05) is 37.2 Å². The van der Waals surface area contributed by atoms with Crippen LogP contribution >= 0.6 is 0 Å². The van der Waals surface area contributed by atoms with Crippen molar-refractivity contribution in [3.8, 4) is 0 Å². The molecule has 1 amide bonds. The lowest BCUT2D eigenvalue weighted by Crippen LogP contribution is -2.23. The molecule has 0 saturated carbocycles. The fraction of sp³-hybridized carbons (Fsp3) is 0.250. The molecule has 0 radical (unpaired) electrons. The number of H-pyrrole nitrogens is 1. The van der Waals surface area contributed by atoms with Crippen molar-refractivity contribution >= 4 is 22.5 Å². The normalized spacial score (nSPS) is 10.8. The standard InChI is InChI=1S/C20H23N3O/c1-13-9-14(2)17-11-19(22-18(17)10-13)20(24)21-12-15-5-7-16(8-6-15)23(3)4/h5-11,22H,12H2,1-4H3,(H,21,24). The number of aryl methyl sites for hydroxylation is 2. The number of nitrogens with zero attached hydrogens (tertiary/aromatic N) is 1. The number of fused-ring (bicyclic) bond motifs is 1. The number of nitrogens with one attached hydrogen (secondary N) is 2. The number of hydrogen-bond donors (Lipinski definition) is 2. The molecule has 0 aliphatic heterocycles. The van der Waals surface area contributed by atoms with Crippen LogP contribution in [-0.2, 0) is 6.54 Å². The average molecular weight is 321 g/mol. The molecule has 4 nitrogen and oxygen atoms in total. The molecule has 0 saturated heterocycles. The van der Waals surface area contributed by atoms with Gasteiger partial charge in [-0.3, -0.25) is 4.79 Å². The summed E-state index contributed by atoms with van der Waals surface area (Å²) in [4.78, 5) is 17.7. The predicted octanol–water partition coefficient (Wildman–Crippen LogP) is 3.78. The van der Waals surface area contributed by atoms with Crippen molar-refractivity contribution < 1.29 is 4.79 Å². The lowest BCUT2D eigenvalue weighted by molar-refractivity contribution is 0.0947. The molecular weight excluding hydrogens is 298 g/mol. The fourth-order valence-electron chi connectivity index (χ4n) is 2.91. The maximum absolute atomic E-state index is 12.4. The van der Waals surface area contributed by atoms with Gasteiger partial charge in [0.25, 0.3) is 5.91 Å². The molecule has 0 unspecified atom stereocenters. The Morgan fingerprint density at radius 3 is 2.46 bits per heavy atom. The second kappa shape index (κ2) is 6.40. The van der Waals surface area contributed by atoms with E-state index in [2.05, 4.69) is 53.3 Å². The van der Waals surface area contributed by atoms with E-state index in [0.717, 1.165) is 22.2 Å². The van der Waals surface area contributed by atoms with Crippen molar-refractivity contribution in [1.29, 1.82) is 0 Å². The number of hydrogen-bond acceptors (Lipinski definition) is 2. The lowest BCUT2D eigenvalue weighted by Gasteiger charge is -2.12. The molecule has 0 aliphatic carbocycles. The first-order valence-electron chi connectivity index (χ1n) is 8.08. The molecule has 124 valence electrons. The van der Waals surface area contributed by atoms with Crippen molar-refractivity contribution in [2.24, 2.45) is 0 Å². The maximum atomic E-state index is 12.4. The van der Waals surface area contributed by atoms with Gasteiger partial charge in [0.2, 0.25) is 0 Å². The van der Waals surface area contributed by atoms with Crippen LogP contribution in [0.5, 0.6) is 0 Å². The zero-order valence-corrected chi connectivity index (χ0v) is 14.6. The summed E-state index contributed by atoms with van der Waals surface area (Å²) >= 11 is 0. The highest BCUT2D eigenvalue weighted by Crippen LogP contribution is 2.21. The van der Waals surface area contributed by atoms with E-state index in [1.165, 1.54) is 11.1 Å². The summed E-state index contributed by atoms with van der Waals surface area (Å²) in [6, 6.07) is 14.3. The highest BCUT2D eigenvalue weighted by Gasteiger charge is 2.11. The molecule has 2 aromatic carbocycles. The number of carbonyl (C=O) groups excluding carboxylic acids is 1. The van der Waals surface area contributed by atoms with Crippen LogP contribution in [0.2, 0.25) is 0 Å². The molecule has 1 aromatic heterocycles. The quantitative estimate of drug-likeness (QED) is 0.768. The van der Waals surface area contributed by atoms with Gasteiger partial charge in [0.15, 0.2) is 0 Å². The molecule has 2 N–H and O–H groups in total. The second-order valence-corrected chi connectivity index (χ2v) is 6.47. The molecule has 24 heavy (non-hydrogen) atoms. The van der Waals surface area contributed by atoms with E-state index in [4.69, 9.17) is 0 Å². The Morgan fingerprint density at radius 2 is 1.79 bits per heavy atom. The van der Waals surface area contributed by atoms with E-state index >= 15 is 0 Å². The fourth-order valence-corrected chi connectivity index (χ4v) is 2.91. The van der Waals surface area contributed by atoms with E-state index in [9.17, 15) is 4.79 Å². The van der Waals surface area contributed by atoms with Gasteiger partial charge in [-0.15, -0.1) is 0 Å². The van der Waals surface area contributed by atoms with Gasteiger partial charge in [-0.2, -0.15) is 0 Å². The summed E-state index contributed by atoms with van der Waals surface area (Å²) < 4.78 is 0. The topological polar surface area (TPSA) is 48.1 Å². The van der Waals surface area contributed by atoms with Crippen LogP contribution in [-0.4, -0.2) is 25.0 Å². The molecule has 0 bridgehead atoms. The third kappa shape index (κ3) is 3.27. The number of aromatic nitrogens is 1. The van der Waals surface area contributed by atoms with Crippen molar-refractivity contribution in [2.45, 2.75) is 20.4 Å². The highest BCUT2D eigenvalue weighted by molar-refractivity contribution is 5.98. The summed E-state index contributed by atoms with van der Waals surface area (Å²) in [6.07, 6.45) is 0. The van der Waals surface area contributed by atoms with Crippen LogP contribution in [0.3, 0.4) is 0 Å². The number of rotatable bonds is 4. The Bertz CT molecular complexity index is 876. The minimum atomic E-state index is -0.0834. The summed E-state index contributed by atoms with van der Waals surface area (Å²) in [5.41, 5.74) is 6.20. The molecule has 3 rings (SSSR count). The van der Waals surface area contributed by atoms with Crippen LogP contribution in [0.4, 0.5) is 5.69 Å². The van der Waals surface area contributed by atoms with Gasteiger partial charge in [0.05, 0.1) is 0 Å². The SMILES string of the molecule is Cc1cc(C)c2cc(C(=O)NCc3ccc(N(C)C)cc3)[nH]c2c1. The van der Waals surface area contributed by atoms with Crippen molar-refractivity contribution in [1.82, 2.24) is 10.3 Å². The Morgan fingerprint density at radius 1 is 1.08 bits per heavy atom. The monoisotopic (exact) mass is 321 g/mol. The molecule has 0 aliphatic rings. The molecule has 0 fully saturated rings. The van der Waals surface area contributed by atoms with Gasteiger partial charge < -0.3 is 15.2 Å². The van der Waals surface area contributed by atoms with E-state index < -0.39 is 0 Å². The first-order chi connectivity index (χ1) is 11.4. The summed E-state index contributed by atoms with van der Waals surface area (Å²) in [5, 5.41) is 4.07. The minimum absolute atomic E-state index is 0.0834. The molecule has 0 atom stereocenters. The third-order valence-electron chi connectivity index (χ3n) is 4.24. The van der Waals surface area contributed by atoms with Crippen molar-refractivity contribution in [3.63, 3.8) is 0 Å². The predicted molar refractivity (Wildman–Crippen MR) is 99.7 cm³/mol. The number of amides is 1. The van der Waals surface area contributed by atoms with Gasteiger partial charge >= 0.3 is 0 Å². The number of aromatic amines is 1. The molecule has 0 spiro atoms. The van der Waals surface area contributed by atoms with Crippen LogP contribution in [0, 0.1) is 13.8 Å². The van der Waals surface area contributed by atoms with Gasteiger partial charge in [-0.25, -0.2) is 0 Å². The van der Waals surface area contributed by atoms with Crippen molar-refractivity contribution in [3.05, 3.63) is 64.8 Å². The zero-order valence-electron chi connectivity index (χ0n) is 14.6. The largest absolute Gasteiger partial charge is 0.378 e.